The van der Waals surface area contributed by atoms with E-state index in [2.05, 4.69) is 0 Å². The Morgan fingerprint density at radius 2 is 2.44 bits per heavy atom. The minimum absolute atomic E-state index is 0.307. The van der Waals surface area contributed by atoms with Gasteiger partial charge in [0.05, 0.1) is 24.7 Å². The van der Waals surface area contributed by atoms with Crippen molar-refractivity contribution in [1.29, 1.82) is 5.26 Å². The summed E-state index contributed by atoms with van der Waals surface area (Å²) in [5, 5.41) is 17.4. The predicted octanol–water partition coefficient (Wildman–Crippen LogP) is -0.0926. The lowest BCUT2D eigenvalue weighted by molar-refractivity contribution is -0.0149. The summed E-state index contributed by atoms with van der Waals surface area (Å²) < 4.78 is 4.96. The normalized spacial score (nSPS) is 35.6. The van der Waals surface area contributed by atoms with Gasteiger partial charge in [-0.15, -0.1) is 0 Å². The molecule has 1 heterocycles. The molecule has 0 aliphatic carbocycles. The molecule has 0 amide bonds. The van der Waals surface area contributed by atoms with Gasteiger partial charge in [-0.2, -0.15) is 5.26 Å². The first kappa shape index (κ1) is 6.53. The summed E-state index contributed by atoms with van der Waals surface area (Å²) in [6, 6.07) is 1.98. The van der Waals surface area contributed by atoms with Crippen molar-refractivity contribution in [3.8, 4) is 6.07 Å². The maximum atomic E-state index is 9.07. The van der Waals surface area contributed by atoms with Crippen molar-refractivity contribution in [2.75, 3.05) is 13.2 Å². The third-order valence-corrected chi connectivity index (χ3v) is 1.49. The van der Waals surface area contributed by atoms with E-state index in [-0.39, 0.29) is 5.92 Å². The molecule has 1 fully saturated rings. The Labute approximate surface area is 53.9 Å². The van der Waals surface area contributed by atoms with E-state index >= 15 is 0 Å². The van der Waals surface area contributed by atoms with Gasteiger partial charge in [0.1, 0.15) is 0 Å². The molecule has 1 rings (SSSR count). The van der Waals surface area contributed by atoms with Crippen LogP contribution >= 0.6 is 0 Å². The molecule has 1 N–H and O–H groups in total. The van der Waals surface area contributed by atoms with Gasteiger partial charge in [0.25, 0.3) is 0 Å². The van der Waals surface area contributed by atoms with E-state index in [1.807, 2.05) is 6.07 Å². The fraction of sp³-hybridized carbons (Fsp3) is 0.833. The van der Waals surface area contributed by atoms with Crippen molar-refractivity contribution in [2.24, 2.45) is 5.92 Å². The smallest absolute Gasteiger partial charge is 0.0956 e. The van der Waals surface area contributed by atoms with Crippen molar-refractivity contribution >= 4 is 0 Å². The van der Waals surface area contributed by atoms with Gasteiger partial charge in [-0.1, -0.05) is 0 Å². The van der Waals surface area contributed by atoms with Crippen LogP contribution in [0.3, 0.4) is 0 Å². The zero-order valence-corrected chi connectivity index (χ0v) is 5.08. The SMILES string of the molecule is N#CC1COCCC1O. The van der Waals surface area contributed by atoms with Gasteiger partial charge in [0.15, 0.2) is 0 Å². The zero-order valence-electron chi connectivity index (χ0n) is 5.08. The second-order valence-electron chi connectivity index (χ2n) is 2.17. The highest BCUT2D eigenvalue weighted by atomic mass is 16.5. The first-order chi connectivity index (χ1) is 4.34. The fourth-order valence-electron chi connectivity index (χ4n) is 0.850. The minimum Gasteiger partial charge on any atom is -0.392 e. The first-order valence-electron chi connectivity index (χ1n) is 3.00. The van der Waals surface area contributed by atoms with Crippen molar-refractivity contribution in [3.63, 3.8) is 0 Å². The van der Waals surface area contributed by atoms with Crippen LogP contribution in [0.25, 0.3) is 0 Å². The molecule has 1 aliphatic rings. The minimum atomic E-state index is -0.469. The number of hydrogen-bond donors (Lipinski definition) is 1. The summed E-state index contributed by atoms with van der Waals surface area (Å²) >= 11 is 0. The summed E-state index contributed by atoms with van der Waals surface area (Å²) in [7, 11) is 0. The van der Waals surface area contributed by atoms with Crippen LogP contribution in [0, 0.1) is 17.2 Å². The maximum absolute atomic E-state index is 9.07. The molecule has 2 unspecified atom stereocenters. The maximum Gasteiger partial charge on any atom is 0.0956 e. The van der Waals surface area contributed by atoms with Gasteiger partial charge < -0.3 is 9.84 Å². The Morgan fingerprint density at radius 1 is 1.67 bits per heavy atom. The third-order valence-electron chi connectivity index (χ3n) is 1.49. The first-order valence-corrected chi connectivity index (χ1v) is 3.00. The average Bonchev–Trinajstić information content (AvgIpc) is 1.89. The average molecular weight is 127 g/mol. The van der Waals surface area contributed by atoms with Crippen LogP contribution in [-0.4, -0.2) is 24.4 Å². The van der Waals surface area contributed by atoms with E-state index < -0.39 is 6.10 Å². The highest BCUT2D eigenvalue weighted by molar-refractivity contribution is 4.89. The van der Waals surface area contributed by atoms with Crippen LogP contribution in [0.1, 0.15) is 6.42 Å². The molecule has 3 heteroatoms. The molecule has 9 heavy (non-hydrogen) atoms. The quantitative estimate of drug-likeness (QED) is 0.494. The van der Waals surface area contributed by atoms with Gasteiger partial charge in [0, 0.05) is 6.61 Å². The van der Waals surface area contributed by atoms with Gasteiger partial charge in [0.2, 0.25) is 0 Å². The van der Waals surface area contributed by atoms with Crippen molar-refractivity contribution < 1.29 is 9.84 Å². The summed E-state index contributed by atoms with van der Waals surface area (Å²) in [6.45, 7) is 0.969. The second-order valence-corrected chi connectivity index (χ2v) is 2.17. The lowest BCUT2D eigenvalue weighted by Gasteiger charge is -2.21. The van der Waals surface area contributed by atoms with Crippen LogP contribution in [0.5, 0.6) is 0 Å². The molecule has 1 aliphatic heterocycles. The molecule has 0 spiro atoms. The predicted molar refractivity (Wildman–Crippen MR) is 30.5 cm³/mol. The Balaban J connectivity index is 2.41. The molecular formula is C6H9NO2. The highest BCUT2D eigenvalue weighted by Crippen LogP contribution is 2.12. The number of aliphatic hydroxyl groups excluding tert-OH is 1. The highest BCUT2D eigenvalue weighted by Gasteiger charge is 2.22. The monoisotopic (exact) mass is 127 g/mol. The van der Waals surface area contributed by atoms with E-state index in [1.165, 1.54) is 0 Å². The molecule has 0 saturated carbocycles. The van der Waals surface area contributed by atoms with Crippen molar-refractivity contribution in [2.45, 2.75) is 12.5 Å². The van der Waals surface area contributed by atoms with Crippen LogP contribution in [-0.2, 0) is 4.74 Å². The molecule has 0 bridgehead atoms. The molecule has 0 radical (unpaired) electrons. The topological polar surface area (TPSA) is 53.2 Å². The summed E-state index contributed by atoms with van der Waals surface area (Å²) in [5.41, 5.74) is 0. The molecule has 1 saturated heterocycles. The Morgan fingerprint density at radius 3 is 2.89 bits per heavy atom. The Hall–Kier alpha value is -0.590. The van der Waals surface area contributed by atoms with E-state index in [0.717, 1.165) is 0 Å². The van der Waals surface area contributed by atoms with E-state index in [1.54, 1.807) is 0 Å². The largest absolute Gasteiger partial charge is 0.392 e. The Bertz CT molecular complexity index is 130. The molecule has 3 nitrogen and oxygen atoms in total. The van der Waals surface area contributed by atoms with Crippen LogP contribution in [0.4, 0.5) is 0 Å². The van der Waals surface area contributed by atoms with Crippen LogP contribution < -0.4 is 0 Å². The fourth-order valence-corrected chi connectivity index (χ4v) is 0.850. The number of hydrogen-bond acceptors (Lipinski definition) is 3. The van der Waals surface area contributed by atoms with E-state index in [0.29, 0.717) is 19.6 Å². The molecule has 0 aromatic rings. The third kappa shape index (κ3) is 1.41. The molecule has 0 aromatic carbocycles. The van der Waals surface area contributed by atoms with Crippen molar-refractivity contribution in [1.82, 2.24) is 0 Å². The van der Waals surface area contributed by atoms with Crippen molar-refractivity contribution in [3.05, 3.63) is 0 Å². The van der Waals surface area contributed by atoms with E-state index in [4.69, 9.17) is 15.1 Å². The van der Waals surface area contributed by atoms with Crippen LogP contribution in [0.15, 0.2) is 0 Å². The molecule has 2 atom stereocenters. The van der Waals surface area contributed by atoms with E-state index in [9.17, 15) is 0 Å². The lowest BCUT2D eigenvalue weighted by atomic mass is 10.0. The van der Waals surface area contributed by atoms with Gasteiger partial charge in [-0.25, -0.2) is 0 Å². The number of rotatable bonds is 0. The summed E-state index contributed by atoms with van der Waals surface area (Å²) in [6.07, 6.45) is 0.127. The molecule has 0 aromatic heterocycles. The Kier molecular flexibility index (Phi) is 2.04. The standard InChI is InChI=1S/C6H9NO2/c7-3-5-4-9-2-1-6(5)8/h5-6,8H,1-2,4H2. The number of nitriles is 1. The summed E-state index contributed by atoms with van der Waals surface area (Å²) in [4.78, 5) is 0. The molecular weight excluding hydrogens is 118 g/mol. The van der Waals surface area contributed by atoms with Gasteiger partial charge in [-0.3, -0.25) is 0 Å². The number of ether oxygens (including phenoxy) is 1. The summed E-state index contributed by atoms with van der Waals surface area (Å²) in [5.74, 6) is -0.307. The number of nitrogens with zero attached hydrogens (tertiary/aromatic N) is 1. The second kappa shape index (κ2) is 2.81. The van der Waals surface area contributed by atoms with Crippen LogP contribution in [0.2, 0.25) is 0 Å². The number of aliphatic hydroxyl groups is 1. The molecule has 50 valence electrons. The zero-order chi connectivity index (χ0) is 6.69. The lowest BCUT2D eigenvalue weighted by Crippen LogP contribution is -2.30. The van der Waals surface area contributed by atoms with Gasteiger partial charge in [-0.05, 0) is 6.42 Å². The van der Waals surface area contributed by atoms with Gasteiger partial charge >= 0.3 is 0 Å².